The van der Waals surface area contributed by atoms with Gasteiger partial charge in [0.2, 0.25) is 11.8 Å². The Morgan fingerprint density at radius 1 is 1.35 bits per heavy atom. The normalized spacial score (nSPS) is 18.2. The third-order valence-corrected chi connectivity index (χ3v) is 5.25. The summed E-state index contributed by atoms with van der Waals surface area (Å²) in [5.41, 5.74) is 0. The average molecular weight is 275 g/mol. The molecule has 1 aromatic rings. The van der Waals surface area contributed by atoms with E-state index in [0.29, 0.717) is 5.01 Å². The summed E-state index contributed by atoms with van der Waals surface area (Å²) >= 11 is 1.01. The number of thiazole rings is 1. The molecule has 1 saturated heterocycles. The maximum Gasteiger partial charge on any atom is 0.255 e. The van der Waals surface area contributed by atoms with Crippen molar-refractivity contribution in [3.63, 3.8) is 0 Å². The van der Waals surface area contributed by atoms with Gasteiger partial charge < -0.3 is 0 Å². The fourth-order valence-electron chi connectivity index (χ4n) is 1.37. The fraction of sp³-hybridized carbons (Fsp3) is 0.375. The zero-order valence-electron chi connectivity index (χ0n) is 8.84. The van der Waals surface area contributed by atoms with Crippen LogP contribution in [0.3, 0.4) is 0 Å². The predicted molar refractivity (Wildman–Crippen MR) is 58.8 cm³/mol. The van der Waals surface area contributed by atoms with Gasteiger partial charge in [-0.05, 0) is 6.92 Å². The number of aromatic nitrogens is 1. The zero-order chi connectivity index (χ0) is 12.6. The summed E-state index contributed by atoms with van der Waals surface area (Å²) < 4.78 is 25.0. The molecule has 0 radical (unpaired) electrons. The number of hydrogen-bond donors (Lipinski definition) is 1. The number of carbonyl (C=O) groups excluding carboxylic acids is 2. The standard InChI is InChI=1S/C8H9N3O4S2/c1-5-9-2-8(16-5)17(14,15)11-3-6(12)10-7(13)4-11/h2H,3-4H2,1H3,(H,10,12,13). The van der Waals surface area contributed by atoms with Gasteiger partial charge in [0.05, 0.1) is 24.3 Å². The molecule has 17 heavy (non-hydrogen) atoms. The molecular formula is C8H9N3O4S2. The third-order valence-electron chi connectivity index (χ3n) is 2.11. The first-order chi connectivity index (χ1) is 7.89. The van der Waals surface area contributed by atoms with Gasteiger partial charge >= 0.3 is 0 Å². The van der Waals surface area contributed by atoms with Gasteiger partial charge in [-0.15, -0.1) is 11.3 Å². The van der Waals surface area contributed by atoms with E-state index >= 15 is 0 Å². The highest BCUT2D eigenvalue weighted by molar-refractivity contribution is 7.91. The van der Waals surface area contributed by atoms with Crippen LogP contribution in [0.2, 0.25) is 0 Å². The molecule has 2 heterocycles. The highest BCUT2D eigenvalue weighted by atomic mass is 32.2. The van der Waals surface area contributed by atoms with E-state index in [1.165, 1.54) is 6.20 Å². The molecule has 1 aromatic heterocycles. The number of nitrogens with one attached hydrogen (secondary N) is 1. The SMILES string of the molecule is Cc1ncc(S(=O)(=O)N2CC(=O)NC(=O)C2)s1. The number of rotatable bonds is 2. The maximum absolute atomic E-state index is 12.1. The van der Waals surface area contributed by atoms with Gasteiger partial charge in [-0.1, -0.05) is 0 Å². The second-order valence-corrected chi connectivity index (χ2v) is 6.84. The number of sulfonamides is 1. The van der Waals surface area contributed by atoms with Crippen molar-refractivity contribution in [2.75, 3.05) is 13.1 Å². The van der Waals surface area contributed by atoms with Crippen LogP contribution in [-0.4, -0.2) is 42.6 Å². The van der Waals surface area contributed by atoms with E-state index in [1.54, 1.807) is 6.92 Å². The number of imide groups is 1. The smallest absolute Gasteiger partial charge is 0.255 e. The largest absolute Gasteiger partial charge is 0.294 e. The fourth-order valence-corrected chi connectivity index (χ4v) is 3.99. The lowest BCUT2D eigenvalue weighted by Gasteiger charge is -2.23. The molecule has 0 spiro atoms. The summed E-state index contributed by atoms with van der Waals surface area (Å²) in [6.07, 6.45) is 1.23. The van der Waals surface area contributed by atoms with Crippen LogP contribution in [0.1, 0.15) is 5.01 Å². The molecule has 9 heteroatoms. The second kappa shape index (κ2) is 4.17. The molecule has 2 rings (SSSR count). The average Bonchev–Trinajstić information content (AvgIpc) is 2.64. The summed E-state index contributed by atoms with van der Waals surface area (Å²) in [4.78, 5) is 26.1. The van der Waals surface area contributed by atoms with Crippen molar-refractivity contribution >= 4 is 33.2 Å². The second-order valence-electron chi connectivity index (χ2n) is 3.44. The van der Waals surface area contributed by atoms with Crippen LogP contribution < -0.4 is 5.32 Å². The minimum atomic E-state index is -3.80. The first kappa shape index (κ1) is 12.1. The van der Waals surface area contributed by atoms with E-state index in [-0.39, 0.29) is 17.3 Å². The van der Waals surface area contributed by atoms with Crippen molar-refractivity contribution in [3.05, 3.63) is 11.2 Å². The number of nitrogens with zero attached hydrogens (tertiary/aromatic N) is 2. The first-order valence-corrected chi connectivity index (χ1v) is 6.90. The highest BCUT2D eigenvalue weighted by Crippen LogP contribution is 2.22. The van der Waals surface area contributed by atoms with Crippen LogP contribution in [0.15, 0.2) is 10.4 Å². The Labute approximate surface area is 102 Å². The van der Waals surface area contributed by atoms with Gasteiger partial charge in [-0.3, -0.25) is 14.9 Å². The third kappa shape index (κ3) is 2.35. The predicted octanol–water partition coefficient (Wildman–Crippen LogP) is -0.901. The minimum absolute atomic E-state index is 0.0394. The van der Waals surface area contributed by atoms with Gasteiger partial charge in [-0.25, -0.2) is 13.4 Å². The molecule has 0 aliphatic carbocycles. The number of hydrogen-bond acceptors (Lipinski definition) is 6. The molecule has 0 unspecified atom stereocenters. The lowest BCUT2D eigenvalue weighted by molar-refractivity contribution is -0.134. The van der Waals surface area contributed by atoms with Gasteiger partial charge in [0.15, 0.2) is 4.21 Å². The van der Waals surface area contributed by atoms with Crippen molar-refractivity contribution in [3.8, 4) is 0 Å². The van der Waals surface area contributed by atoms with E-state index < -0.39 is 21.8 Å². The molecule has 1 fully saturated rings. The Bertz CT molecular complexity index is 561. The van der Waals surface area contributed by atoms with Gasteiger partial charge in [0.1, 0.15) is 0 Å². The molecule has 1 aliphatic rings. The van der Waals surface area contributed by atoms with E-state index in [0.717, 1.165) is 15.6 Å². The van der Waals surface area contributed by atoms with Crippen LogP contribution in [-0.2, 0) is 19.6 Å². The van der Waals surface area contributed by atoms with Crippen molar-refractivity contribution < 1.29 is 18.0 Å². The highest BCUT2D eigenvalue weighted by Gasteiger charge is 2.33. The molecule has 92 valence electrons. The minimum Gasteiger partial charge on any atom is -0.294 e. The van der Waals surface area contributed by atoms with Crippen LogP contribution in [0, 0.1) is 6.92 Å². The summed E-state index contributed by atoms with van der Waals surface area (Å²) in [5, 5.41) is 2.65. The first-order valence-electron chi connectivity index (χ1n) is 4.65. The number of piperazine rings is 1. The topological polar surface area (TPSA) is 96.4 Å². The number of aryl methyl sites for hydroxylation is 1. The van der Waals surface area contributed by atoms with Gasteiger partial charge in [-0.2, -0.15) is 4.31 Å². The van der Waals surface area contributed by atoms with Crippen molar-refractivity contribution in [1.29, 1.82) is 0 Å². The summed E-state index contributed by atoms with van der Waals surface area (Å²) in [7, 11) is -3.80. The van der Waals surface area contributed by atoms with Crippen LogP contribution in [0.5, 0.6) is 0 Å². The van der Waals surface area contributed by atoms with Crippen LogP contribution in [0.25, 0.3) is 0 Å². The maximum atomic E-state index is 12.1. The Morgan fingerprint density at radius 3 is 2.41 bits per heavy atom. The number of carbonyl (C=O) groups is 2. The van der Waals surface area contributed by atoms with Gasteiger partial charge in [0, 0.05) is 0 Å². The van der Waals surface area contributed by atoms with E-state index in [4.69, 9.17) is 0 Å². The Hall–Kier alpha value is -1.32. The molecule has 2 amide bonds. The monoisotopic (exact) mass is 275 g/mol. The Balaban J connectivity index is 2.33. The van der Waals surface area contributed by atoms with Crippen LogP contribution in [0.4, 0.5) is 0 Å². The lowest BCUT2D eigenvalue weighted by Crippen LogP contribution is -2.53. The summed E-state index contributed by atoms with van der Waals surface area (Å²) in [6.45, 7) is 0.994. The Kier molecular flexibility index (Phi) is 2.98. The van der Waals surface area contributed by atoms with Crippen molar-refractivity contribution in [2.24, 2.45) is 0 Å². The molecule has 0 saturated carbocycles. The summed E-state index contributed by atoms with van der Waals surface area (Å²) in [5.74, 6) is -1.24. The summed E-state index contributed by atoms with van der Waals surface area (Å²) in [6, 6.07) is 0. The lowest BCUT2D eigenvalue weighted by atomic mass is 10.4. The van der Waals surface area contributed by atoms with E-state index in [1.807, 2.05) is 5.32 Å². The van der Waals surface area contributed by atoms with Gasteiger partial charge in [0.25, 0.3) is 10.0 Å². The quantitative estimate of drug-likeness (QED) is 0.705. The molecule has 1 aliphatic heterocycles. The zero-order valence-corrected chi connectivity index (χ0v) is 10.5. The van der Waals surface area contributed by atoms with E-state index in [2.05, 4.69) is 4.98 Å². The number of amides is 2. The molecule has 0 aromatic carbocycles. The molecule has 0 bridgehead atoms. The van der Waals surface area contributed by atoms with Crippen LogP contribution >= 0.6 is 11.3 Å². The molecule has 0 atom stereocenters. The molecule has 1 N–H and O–H groups in total. The van der Waals surface area contributed by atoms with Crippen molar-refractivity contribution in [1.82, 2.24) is 14.6 Å². The molecule has 7 nitrogen and oxygen atoms in total. The van der Waals surface area contributed by atoms with E-state index in [9.17, 15) is 18.0 Å². The molecular weight excluding hydrogens is 266 g/mol. The van der Waals surface area contributed by atoms with Crippen molar-refractivity contribution in [2.45, 2.75) is 11.1 Å². The Morgan fingerprint density at radius 2 is 1.94 bits per heavy atom.